The molecule has 0 spiro atoms. The molecule has 7 nitrogen and oxygen atoms in total. The molecule has 23 heavy (non-hydrogen) atoms. The van der Waals surface area contributed by atoms with Crippen LogP contribution in [0.2, 0.25) is 0 Å². The molecule has 1 aliphatic heterocycles. The van der Waals surface area contributed by atoms with Gasteiger partial charge in [0.2, 0.25) is 0 Å². The van der Waals surface area contributed by atoms with Crippen molar-refractivity contribution in [3.8, 4) is 0 Å². The van der Waals surface area contributed by atoms with E-state index in [9.17, 15) is 0 Å². The molecule has 1 fully saturated rings. The van der Waals surface area contributed by atoms with Crippen molar-refractivity contribution in [2.45, 2.75) is 26.1 Å². The smallest absolute Gasteiger partial charge is 0.139 e. The fraction of sp³-hybridized carbons (Fsp3) is 0.438. The maximum atomic E-state index is 5.84. The topological polar surface area (TPSA) is 60.5 Å². The Morgan fingerprint density at radius 2 is 2.35 bits per heavy atom. The van der Waals surface area contributed by atoms with Crippen molar-refractivity contribution >= 4 is 5.65 Å². The molecule has 1 atom stereocenters. The Morgan fingerprint density at radius 1 is 1.39 bits per heavy atom. The van der Waals surface area contributed by atoms with Crippen molar-refractivity contribution < 1.29 is 4.74 Å². The van der Waals surface area contributed by atoms with Crippen molar-refractivity contribution in [1.82, 2.24) is 29.0 Å². The predicted molar refractivity (Wildman–Crippen MR) is 85.0 cm³/mol. The fourth-order valence-electron chi connectivity index (χ4n) is 3.08. The van der Waals surface area contributed by atoms with Crippen molar-refractivity contribution in [3.63, 3.8) is 0 Å². The van der Waals surface area contributed by atoms with Crippen LogP contribution in [0.4, 0.5) is 0 Å². The van der Waals surface area contributed by atoms with E-state index in [2.05, 4.69) is 44.6 Å². The Bertz CT molecular complexity index is 781. The number of hydrogen-bond donors (Lipinski definition) is 0. The standard InChI is InChI=1S/C16H20N6O/c1-13-3-2-4-21-8-14(19-16(13)21)7-20-5-6-23-15(9-20)10-22-12-17-11-18-22/h2-4,8,11-12,15H,5-7,9-10H2,1H3/t15-/m0/s1. The van der Waals surface area contributed by atoms with Gasteiger partial charge in [-0.05, 0) is 18.6 Å². The summed E-state index contributed by atoms with van der Waals surface area (Å²) in [5, 5.41) is 4.15. The number of aryl methyl sites for hydroxylation is 1. The summed E-state index contributed by atoms with van der Waals surface area (Å²) in [5.41, 5.74) is 3.33. The molecule has 1 aliphatic rings. The van der Waals surface area contributed by atoms with E-state index in [1.54, 1.807) is 12.7 Å². The van der Waals surface area contributed by atoms with E-state index in [-0.39, 0.29) is 6.10 Å². The molecule has 0 radical (unpaired) electrons. The van der Waals surface area contributed by atoms with Crippen LogP contribution in [-0.4, -0.2) is 54.8 Å². The molecule has 3 aromatic rings. The first-order valence-electron chi connectivity index (χ1n) is 7.87. The zero-order chi connectivity index (χ0) is 15.6. The number of aromatic nitrogens is 5. The molecule has 0 saturated carbocycles. The maximum absolute atomic E-state index is 5.84. The van der Waals surface area contributed by atoms with E-state index in [1.807, 2.05) is 10.9 Å². The quantitative estimate of drug-likeness (QED) is 0.723. The van der Waals surface area contributed by atoms with Crippen LogP contribution < -0.4 is 0 Å². The van der Waals surface area contributed by atoms with Gasteiger partial charge in [0.1, 0.15) is 18.3 Å². The van der Waals surface area contributed by atoms with E-state index in [0.29, 0.717) is 0 Å². The summed E-state index contributed by atoms with van der Waals surface area (Å²) in [5.74, 6) is 0. The summed E-state index contributed by atoms with van der Waals surface area (Å²) >= 11 is 0. The summed E-state index contributed by atoms with van der Waals surface area (Å²) in [6, 6.07) is 4.14. The Morgan fingerprint density at radius 3 is 3.17 bits per heavy atom. The van der Waals surface area contributed by atoms with Gasteiger partial charge < -0.3 is 9.14 Å². The lowest BCUT2D eigenvalue weighted by atomic mass is 10.2. The van der Waals surface area contributed by atoms with E-state index >= 15 is 0 Å². The molecule has 0 amide bonds. The van der Waals surface area contributed by atoms with Crippen LogP contribution in [0.1, 0.15) is 11.3 Å². The van der Waals surface area contributed by atoms with Crippen LogP contribution in [0, 0.1) is 6.92 Å². The minimum atomic E-state index is 0.143. The van der Waals surface area contributed by atoms with Crippen molar-refractivity contribution in [2.24, 2.45) is 0 Å². The van der Waals surface area contributed by atoms with Crippen LogP contribution in [0.5, 0.6) is 0 Å². The molecule has 7 heteroatoms. The molecule has 1 saturated heterocycles. The highest BCUT2D eigenvalue weighted by atomic mass is 16.5. The van der Waals surface area contributed by atoms with Crippen LogP contribution in [0.25, 0.3) is 5.65 Å². The summed E-state index contributed by atoms with van der Waals surface area (Å²) in [4.78, 5) is 11.1. The van der Waals surface area contributed by atoms with Gasteiger partial charge in [0.05, 0.1) is 24.9 Å². The summed E-state index contributed by atoms with van der Waals surface area (Å²) < 4.78 is 9.76. The summed E-state index contributed by atoms with van der Waals surface area (Å²) in [6.45, 7) is 6.23. The number of fused-ring (bicyclic) bond motifs is 1. The Balaban J connectivity index is 1.44. The van der Waals surface area contributed by atoms with E-state index in [0.717, 1.165) is 44.1 Å². The number of imidazole rings is 1. The van der Waals surface area contributed by atoms with Crippen LogP contribution in [0.15, 0.2) is 37.2 Å². The molecule has 0 unspecified atom stereocenters. The van der Waals surface area contributed by atoms with Gasteiger partial charge in [0, 0.05) is 32.0 Å². The predicted octanol–water partition coefficient (Wildman–Crippen LogP) is 1.14. The van der Waals surface area contributed by atoms with Crippen LogP contribution in [-0.2, 0) is 17.8 Å². The normalized spacial score (nSPS) is 19.4. The van der Waals surface area contributed by atoms with Gasteiger partial charge in [0.15, 0.2) is 0 Å². The maximum Gasteiger partial charge on any atom is 0.139 e. The average Bonchev–Trinajstić information content (AvgIpc) is 3.18. The summed E-state index contributed by atoms with van der Waals surface area (Å²) in [7, 11) is 0. The third-order valence-electron chi connectivity index (χ3n) is 4.19. The number of rotatable bonds is 4. The lowest BCUT2D eigenvalue weighted by Gasteiger charge is -2.32. The van der Waals surface area contributed by atoms with Gasteiger partial charge in [-0.1, -0.05) is 6.07 Å². The number of ether oxygens (including phenoxy) is 1. The highest BCUT2D eigenvalue weighted by Crippen LogP contribution is 2.14. The number of nitrogens with zero attached hydrogens (tertiary/aromatic N) is 6. The Hall–Kier alpha value is -2.25. The van der Waals surface area contributed by atoms with Gasteiger partial charge in [-0.2, -0.15) is 5.10 Å². The second-order valence-electron chi connectivity index (χ2n) is 6.00. The SMILES string of the molecule is Cc1cccn2cc(CN3CCO[C@H](Cn4cncn4)C3)nc12. The lowest BCUT2D eigenvalue weighted by Crippen LogP contribution is -2.43. The van der Waals surface area contributed by atoms with Crippen molar-refractivity contribution in [3.05, 3.63) is 48.4 Å². The molecule has 4 heterocycles. The third kappa shape index (κ3) is 3.11. The number of hydrogen-bond acceptors (Lipinski definition) is 5. The first-order valence-corrected chi connectivity index (χ1v) is 7.87. The first-order chi connectivity index (χ1) is 11.3. The van der Waals surface area contributed by atoms with Gasteiger partial charge in [0.25, 0.3) is 0 Å². The third-order valence-corrected chi connectivity index (χ3v) is 4.19. The summed E-state index contributed by atoms with van der Waals surface area (Å²) in [6.07, 6.45) is 7.59. The first kappa shape index (κ1) is 14.3. The average molecular weight is 312 g/mol. The molecule has 3 aromatic heterocycles. The lowest BCUT2D eigenvalue weighted by molar-refractivity contribution is -0.0405. The molecule has 0 aromatic carbocycles. The minimum Gasteiger partial charge on any atom is -0.374 e. The Labute approximate surface area is 134 Å². The van der Waals surface area contributed by atoms with E-state index in [4.69, 9.17) is 9.72 Å². The minimum absolute atomic E-state index is 0.143. The van der Waals surface area contributed by atoms with Crippen molar-refractivity contribution in [1.29, 1.82) is 0 Å². The highest BCUT2D eigenvalue weighted by molar-refractivity contribution is 5.47. The second kappa shape index (κ2) is 6.10. The second-order valence-corrected chi connectivity index (χ2v) is 6.00. The highest BCUT2D eigenvalue weighted by Gasteiger charge is 2.22. The monoisotopic (exact) mass is 312 g/mol. The molecule has 4 rings (SSSR count). The zero-order valence-electron chi connectivity index (χ0n) is 13.2. The largest absolute Gasteiger partial charge is 0.374 e. The van der Waals surface area contributed by atoms with Crippen molar-refractivity contribution in [2.75, 3.05) is 19.7 Å². The Kier molecular flexibility index (Phi) is 3.80. The van der Waals surface area contributed by atoms with E-state index < -0.39 is 0 Å². The van der Waals surface area contributed by atoms with Crippen LogP contribution >= 0.6 is 0 Å². The van der Waals surface area contributed by atoms with E-state index in [1.165, 1.54) is 5.56 Å². The number of pyridine rings is 1. The fourth-order valence-corrected chi connectivity index (χ4v) is 3.08. The zero-order valence-corrected chi connectivity index (χ0v) is 13.2. The van der Waals surface area contributed by atoms with Gasteiger partial charge in [-0.3, -0.25) is 9.58 Å². The molecule has 0 aliphatic carbocycles. The number of morpholine rings is 1. The molecule has 0 bridgehead atoms. The van der Waals surface area contributed by atoms with Gasteiger partial charge >= 0.3 is 0 Å². The molecule has 0 N–H and O–H groups in total. The van der Waals surface area contributed by atoms with Crippen LogP contribution in [0.3, 0.4) is 0 Å². The molecular weight excluding hydrogens is 292 g/mol. The molecule has 120 valence electrons. The van der Waals surface area contributed by atoms with Gasteiger partial charge in [-0.15, -0.1) is 0 Å². The van der Waals surface area contributed by atoms with Gasteiger partial charge in [-0.25, -0.2) is 9.97 Å². The molecular formula is C16H20N6O.